The van der Waals surface area contributed by atoms with Gasteiger partial charge >= 0.3 is 0 Å². The summed E-state index contributed by atoms with van der Waals surface area (Å²) in [6.07, 6.45) is 2.29. The first-order valence-electron chi connectivity index (χ1n) is 7.87. The van der Waals surface area contributed by atoms with Crippen molar-refractivity contribution in [3.8, 4) is 0 Å². The number of amides is 2. The Kier molecular flexibility index (Phi) is 4.64. The number of nitrogens with one attached hydrogen (secondary N) is 1. The number of likely N-dealkylation sites (tertiary alicyclic amines) is 1. The van der Waals surface area contributed by atoms with Gasteiger partial charge in [0.25, 0.3) is 0 Å². The Morgan fingerprint density at radius 3 is 2.92 bits per heavy atom. The van der Waals surface area contributed by atoms with Crippen LogP contribution in [0.5, 0.6) is 0 Å². The van der Waals surface area contributed by atoms with Gasteiger partial charge in [0.05, 0.1) is 24.8 Å². The Bertz CT molecular complexity index is 730. The Morgan fingerprint density at radius 2 is 2.21 bits per heavy atom. The third kappa shape index (κ3) is 3.32. The Balaban J connectivity index is 1.80. The van der Waals surface area contributed by atoms with E-state index < -0.39 is 12.0 Å². The molecule has 2 heterocycles. The minimum absolute atomic E-state index is 0.0423. The van der Waals surface area contributed by atoms with E-state index in [1.54, 1.807) is 37.6 Å². The molecule has 0 bridgehead atoms. The summed E-state index contributed by atoms with van der Waals surface area (Å²) in [6, 6.07) is 9.13. The van der Waals surface area contributed by atoms with E-state index in [2.05, 4.69) is 5.32 Å². The minimum atomic E-state index is -0.474. The third-order valence-electron chi connectivity index (χ3n) is 4.40. The summed E-state index contributed by atoms with van der Waals surface area (Å²) in [4.78, 5) is 26.2. The highest BCUT2D eigenvalue weighted by Crippen LogP contribution is 2.36. The predicted molar refractivity (Wildman–Crippen MR) is 85.2 cm³/mol. The Morgan fingerprint density at radius 1 is 1.38 bits per heavy atom. The van der Waals surface area contributed by atoms with Crippen LogP contribution in [-0.4, -0.2) is 23.8 Å². The summed E-state index contributed by atoms with van der Waals surface area (Å²) in [5, 5.41) is 2.84. The summed E-state index contributed by atoms with van der Waals surface area (Å²) >= 11 is 0. The maximum Gasteiger partial charge on any atom is 0.225 e. The number of hydrogen-bond donors (Lipinski definition) is 1. The van der Waals surface area contributed by atoms with E-state index in [1.807, 2.05) is 0 Å². The van der Waals surface area contributed by atoms with Crippen LogP contribution in [-0.2, 0) is 16.1 Å². The lowest BCUT2D eigenvalue weighted by molar-refractivity contribution is -0.141. The molecule has 1 N–H and O–H groups in total. The standard InChI is InChI=1S/C18H19FN2O3/c1-21-16(22)8-7-15(17(21)12-4-2-5-13(19)10-12)18(23)20-11-14-6-3-9-24-14/h2-6,9-10,15,17H,7-8,11H2,1H3,(H,20,23). The molecule has 3 rings (SSSR count). The zero-order valence-electron chi connectivity index (χ0n) is 13.4. The van der Waals surface area contributed by atoms with Gasteiger partial charge in [0, 0.05) is 13.5 Å². The average molecular weight is 330 g/mol. The summed E-state index contributed by atoms with van der Waals surface area (Å²) < 4.78 is 18.8. The van der Waals surface area contributed by atoms with Gasteiger partial charge in [0.15, 0.2) is 0 Å². The van der Waals surface area contributed by atoms with Gasteiger partial charge in [0.1, 0.15) is 11.6 Å². The van der Waals surface area contributed by atoms with E-state index >= 15 is 0 Å². The second-order valence-corrected chi connectivity index (χ2v) is 5.95. The molecule has 1 aliphatic heterocycles. The molecule has 5 nitrogen and oxygen atoms in total. The molecular weight excluding hydrogens is 311 g/mol. The Hall–Kier alpha value is -2.63. The van der Waals surface area contributed by atoms with Crippen molar-refractivity contribution in [2.45, 2.75) is 25.4 Å². The largest absolute Gasteiger partial charge is 0.467 e. The number of halogens is 1. The topological polar surface area (TPSA) is 62.6 Å². The molecule has 1 saturated heterocycles. The highest BCUT2D eigenvalue weighted by Gasteiger charge is 2.38. The van der Waals surface area contributed by atoms with Gasteiger partial charge in [-0.3, -0.25) is 9.59 Å². The number of benzene rings is 1. The van der Waals surface area contributed by atoms with Crippen LogP contribution in [0.1, 0.15) is 30.2 Å². The third-order valence-corrected chi connectivity index (χ3v) is 4.40. The van der Waals surface area contributed by atoms with E-state index in [-0.39, 0.29) is 24.2 Å². The monoisotopic (exact) mass is 330 g/mol. The fraction of sp³-hybridized carbons (Fsp3) is 0.333. The maximum atomic E-state index is 13.6. The number of hydrogen-bond acceptors (Lipinski definition) is 3. The maximum absolute atomic E-state index is 13.6. The summed E-state index contributed by atoms with van der Waals surface area (Å²) in [6.45, 7) is 0.288. The SMILES string of the molecule is CN1C(=O)CCC(C(=O)NCc2ccco2)C1c1cccc(F)c1. The van der Waals surface area contributed by atoms with Crippen molar-refractivity contribution in [1.82, 2.24) is 10.2 Å². The van der Waals surface area contributed by atoms with E-state index in [4.69, 9.17) is 4.42 Å². The number of rotatable bonds is 4. The van der Waals surface area contributed by atoms with Crippen molar-refractivity contribution >= 4 is 11.8 Å². The van der Waals surface area contributed by atoms with Crippen LogP contribution in [0, 0.1) is 11.7 Å². The van der Waals surface area contributed by atoms with Crippen molar-refractivity contribution in [3.05, 3.63) is 59.8 Å². The van der Waals surface area contributed by atoms with Crippen LogP contribution in [0.4, 0.5) is 4.39 Å². The quantitative estimate of drug-likeness (QED) is 0.937. The average Bonchev–Trinajstić information content (AvgIpc) is 3.08. The van der Waals surface area contributed by atoms with Crippen LogP contribution in [0.15, 0.2) is 47.1 Å². The highest BCUT2D eigenvalue weighted by atomic mass is 19.1. The molecule has 0 radical (unpaired) electrons. The lowest BCUT2D eigenvalue weighted by atomic mass is 9.84. The summed E-state index contributed by atoms with van der Waals surface area (Å²) in [5.74, 6) is -0.358. The zero-order valence-corrected chi connectivity index (χ0v) is 13.4. The smallest absolute Gasteiger partial charge is 0.225 e. The molecule has 2 amide bonds. The summed E-state index contributed by atoms with van der Waals surface area (Å²) in [5.41, 5.74) is 0.628. The van der Waals surface area contributed by atoms with Gasteiger partial charge in [-0.15, -0.1) is 0 Å². The molecule has 0 aliphatic carbocycles. The molecule has 2 unspecified atom stereocenters. The predicted octanol–water partition coefficient (Wildman–Crippen LogP) is 2.64. The van der Waals surface area contributed by atoms with Gasteiger partial charge < -0.3 is 14.6 Å². The lowest BCUT2D eigenvalue weighted by Crippen LogP contribution is -2.46. The van der Waals surface area contributed by atoms with E-state index in [9.17, 15) is 14.0 Å². The second-order valence-electron chi connectivity index (χ2n) is 5.95. The van der Waals surface area contributed by atoms with E-state index in [1.165, 1.54) is 17.0 Å². The molecule has 1 aromatic heterocycles. The number of carbonyl (C=O) groups is 2. The molecule has 1 aromatic carbocycles. The fourth-order valence-electron chi connectivity index (χ4n) is 3.18. The zero-order chi connectivity index (χ0) is 17.1. The molecule has 126 valence electrons. The molecule has 0 spiro atoms. The van der Waals surface area contributed by atoms with Crippen molar-refractivity contribution in [2.24, 2.45) is 5.92 Å². The molecule has 2 aromatic rings. The minimum Gasteiger partial charge on any atom is -0.467 e. The molecular formula is C18H19FN2O3. The van der Waals surface area contributed by atoms with Gasteiger partial charge in [0.2, 0.25) is 11.8 Å². The van der Waals surface area contributed by atoms with Gasteiger partial charge in [-0.2, -0.15) is 0 Å². The van der Waals surface area contributed by atoms with Crippen molar-refractivity contribution < 1.29 is 18.4 Å². The molecule has 6 heteroatoms. The van der Waals surface area contributed by atoms with E-state index in [0.29, 0.717) is 24.2 Å². The van der Waals surface area contributed by atoms with Crippen molar-refractivity contribution in [2.75, 3.05) is 7.05 Å². The lowest BCUT2D eigenvalue weighted by Gasteiger charge is -2.38. The molecule has 1 aliphatic rings. The first kappa shape index (κ1) is 16.2. The van der Waals surface area contributed by atoms with Gasteiger partial charge in [-0.05, 0) is 36.2 Å². The normalized spacial score (nSPS) is 20.9. The van der Waals surface area contributed by atoms with Crippen LogP contribution in [0.2, 0.25) is 0 Å². The summed E-state index contributed by atoms with van der Waals surface area (Å²) in [7, 11) is 1.66. The van der Waals surface area contributed by atoms with Crippen LogP contribution in [0.25, 0.3) is 0 Å². The van der Waals surface area contributed by atoms with Crippen LogP contribution >= 0.6 is 0 Å². The fourth-order valence-corrected chi connectivity index (χ4v) is 3.18. The number of nitrogens with zero attached hydrogens (tertiary/aromatic N) is 1. The second kappa shape index (κ2) is 6.86. The van der Waals surface area contributed by atoms with Gasteiger partial charge in [-0.1, -0.05) is 12.1 Å². The molecule has 2 atom stereocenters. The first-order chi connectivity index (χ1) is 11.6. The van der Waals surface area contributed by atoms with Crippen LogP contribution in [0.3, 0.4) is 0 Å². The Labute approximate surface area is 139 Å². The van der Waals surface area contributed by atoms with Gasteiger partial charge in [-0.25, -0.2) is 4.39 Å². The van der Waals surface area contributed by atoms with Crippen molar-refractivity contribution in [1.29, 1.82) is 0 Å². The molecule has 0 saturated carbocycles. The van der Waals surface area contributed by atoms with Crippen molar-refractivity contribution in [3.63, 3.8) is 0 Å². The number of carbonyl (C=O) groups excluding carboxylic acids is 2. The van der Waals surface area contributed by atoms with E-state index in [0.717, 1.165) is 0 Å². The molecule has 1 fully saturated rings. The highest BCUT2D eigenvalue weighted by molar-refractivity contribution is 5.84. The first-order valence-corrected chi connectivity index (χ1v) is 7.87. The molecule has 24 heavy (non-hydrogen) atoms. The van der Waals surface area contributed by atoms with Crippen LogP contribution < -0.4 is 5.32 Å². The number of piperidine rings is 1. The number of furan rings is 1.